The Morgan fingerprint density at radius 1 is 1.41 bits per heavy atom. The van der Waals surface area contributed by atoms with E-state index in [0.717, 1.165) is 6.07 Å². The Kier molecular flexibility index (Phi) is 3.28. The van der Waals surface area contributed by atoms with E-state index in [1.165, 1.54) is 30.4 Å². The van der Waals surface area contributed by atoms with Gasteiger partial charge in [-0.15, -0.1) is 11.3 Å². The number of halogens is 2. The standard InChI is InChI=1S/C12H9F2NOS/c1-7(16)11-6-17-12(15-11)4-8-2-3-9(13)5-10(8)14/h2-3,5-6H,4H2,1H3. The van der Waals surface area contributed by atoms with Crippen molar-refractivity contribution in [3.8, 4) is 0 Å². The smallest absolute Gasteiger partial charge is 0.178 e. The topological polar surface area (TPSA) is 30.0 Å². The summed E-state index contributed by atoms with van der Waals surface area (Å²) in [4.78, 5) is 15.1. The molecule has 0 radical (unpaired) electrons. The number of carbonyl (C=O) groups is 1. The van der Waals surface area contributed by atoms with Crippen LogP contribution in [0.4, 0.5) is 8.78 Å². The van der Waals surface area contributed by atoms with Crippen molar-refractivity contribution in [1.29, 1.82) is 0 Å². The van der Waals surface area contributed by atoms with Crippen LogP contribution >= 0.6 is 11.3 Å². The molecule has 2 nitrogen and oxygen atoms in total. The molecule has 0 saturated carbocycles. The highest BCUT2D eigenvalue weighted by atomic mass is 32.1. The molecule has 0 saturated heterocycles. The van der Waals surface area contributed by atoms with Gasteiger partial charge in [0, 0.05) is 24.8 Å². The van der Waals surface area contributed by atoms with E-state index < -0.39 is 11.6 Å². The normalized spacial score (nSPS) is 10.5. The van der Waals surface area contributed by atoms with Crippen molar-refractivity contribution in [1.82, 2.24) is 4.98 Å². The molecule has 0 N–H and O–H groups in total. The zero-order chi connectivity index (χ0) is 12.4. The molecule has 1 aromatic heterocycles. The molecular weight excluding hydrogens is 244 g/mol. The summed E-state index contributed by atoms with van der Waals surface area (Å²) in [5.74, 6) is -1.31. The Morgan fingerprint density at radius 2 is 2.18 bits per heavy atom. The molecule has 0 amide bonds. The SMILES string of the molecule is CC(=O)c1csc(Cc2ccc(F)cc2F)n1. The largest absolute Gasteiger partial charge is 0.293 e. The minimum Gasteiger partial charge on any atom is -0.293 e. The van der Waals surface area contributed by atoms with Gasteiger partial charge in [0.1, 0.15) is 17.3 Å². The number of nitrogens with zero attached hydrogens (tertiary/aromatic N) is 1. The second-order valence-electron chi connectivity index (χ2n) is 3.60. The van der Waals surface area contributed by atoms with E-state index in [4.69, 9.17) is 0 Å². The van der Waals surface area contributed by atoms with Gasteiger partial charge in [-0.05, 0) is 11.6 Å². The quantitative estimate of drug-likeness (QED) is 0.786. The minimum absolute atomic E-state index is 0.118. The van der Waals surface area contributed by atoms with Crippen molar-refractivity contribution in [3.63, 3.8) is 0 Å². The van der Waals surface area contributed by atoms with Crippen molar-refractivity contribution in [2.24, 2.45) is 0 Å². The van der Waals surface area contributed by atoms with Crippen LogP contribution in [0.15, 0.2) is 23.6 Å². The maximum absolute atomic E-state index is 13.4. The predicted octanol–water partition coefficient (Wildman–Crippen LogP) is 3.21. The van der Waals surface area contributed by atoms with Gasteiger partial charge >= 0.3 is 0 Å². The van der Waals surface area contributed by atoms with Gasteiger partial charge in [-0.3, -0.25) is 4.79 Å². The second kappa shape index (κ2) is 4.71. The molecule has 0 unspecified atom stereocenters. The maximum atomic E-state index is 13.4. The number of Topliss-reactive ketones (excluding diaryl/α,β-unsaturated/α-hetero) is 1. The van der Waals surface area contributed by atoms with Gasteiger partial charge in [0.05, 0.1) is 5.01 Å². The average molecular weight is 253 g/mol. The third kappa shape index (κ3) is 2.74. The van der Waals surface area contributed by atoms with Gasteiger partial charge in [0.2, 0.25) is 0 Å². The summed E-state index contributed by atoms with van der Waals surface area (Å²) >= 11 is 1.29. The van der Waals surface area contributed by atoms with Crippen LogP contribution in [0.3, 0.4) is 0 Å². The van der Waals surface area contributed by atoms with E-state index in [2.05, 4.69) is 4.98 Å². The Morgan fingerprint density at radius 3 is 2.76 bits per heavy atom. The fraction of sp³-hybridized carbons (Fsp3) is 0.167. The molecule has 2 aromatic rings. The molecule has 0 aliphatic carbocycles. The van der Waals surface area contributed by atoms with Gasteiger partial charge in [-0.2, -0.15) is 0 Å². The van der Waals surface area contributed by atoms with E-state index in [1.54, 1.807) is 5.38 Å². The number of benzene rings is 1. The van der Waals surface area contributed by atoms with Crippen LogP contribution in [0, 0.1) is 11.6 Å². The number of carbonyl (C=O) groups excluding carboxylic acids is 1. The average Bonchev–Trinajstić information content (AvgIpc) is 2.71. The molecule has 5 heteroatoms. The number of aromatic nitrogens is 1. The summed E-state index contributed by atoms with van der Waals surface area (Å²) in [6, 6.07) is 3.44. The van der Waals surface area contributed by atoms with Crippen LogP contribution in [0.1, 0.15) is 28.0 Å². The van der Waals surface area contributed by atoms with E-state index in [0.29, 0.717) is 16.3 Å². The predicted molar refractivity (Wildman–Crippen MR) is 61.3 cm³/mol. The van der Waals surface area contributed by atoms with Crippen LogP contribution in [0.2, 0.25) is 0 Å². The summed E-state index contributed by atoms with van der Waals surface area (Å²) in [5, 5.41) is 2.28. The summed E-state index contributed by atoms with van der Waals surface area (Å²) < 4.78 is 26.1. The molecule has 1 aromatic carbocycles. The van der Waals surface area contributed by atoms with Crippen molar-refractivity contribution in [2.75, 3.05) is 0 Å². The Bertz CT molecular complexity index is 565. The highest BCUT2D eigenvalue weighted by Crippen LogP contribution is 2.18. The molecule has 0 aliphatic heterocycles. The third-order valence-electron chi connectivity index (χ3n) is 2.27. The Labute approximate surface area is 101 Å². The van der Waals surface area contributed by atoms with Gasteiger partial charge < -0.3 is 0 Å². The van der Waals surface area contributed by atoms with Crippen LogP contribution in [0.5, 0.6) is 0 Å². The van der Waals surface area contributed by atoms with Gasteiger partial charge in [0.15, 0.2) is 5.78 Å². The summed E-state index contributed by atoms with van der Waals surface area (Å²) in [7, 11) is 0. The Hall–Kier alpha value is -1.62. The molecular formula is C12H9F2NOS. The van der Waals surface area contributed by atoms with Crippen molar-refractivity contribution < 1.29 is 13.6 Å². The first-order valence-corrected chi connectivity index (χ1v) is 5.83. The highest BCUT2D eigenvalue weighted by Gasteiger charge is 2.09. The van der Waals surface area contributed by atoms with Crippen LogP contribution < -0.4 is 0 Å². The molecule has 0 fully saturated rings. The summed E-state index contributed by atoms with van der Waals surface area (Å²) in [6.07, 6.45) is 0.268. The zero-order valence-electron chi connectivity index (χ0n) is 9.04. The first-order valence-electron chi connectivity index (χ1n) is 4.95. The van der Waals surface area contributed by atoms with Crippen LogP contribution in [-0.4, -0.2) is 10.8 Å². The van der Waals surface area contributed by atoms with Crippen molar-refractivity contribution in [2.45, 2.75) is 13.3 Å². The zero-order valence-corrected chi connectivity index (χ0v) is 9.85. The minimum atomic E-state index is -0.602. The maximum Gasteiger partial charge on any atom is 0.178 e. The molecule has 0 aliphatic rings. The first kappa shape index (κ1) is 11.9. The Balaban J connectivity index is 2.22. The molecule has 0 atom stereocenters. The number of hydrogen-bond donors (Lipinski definition) is 0. The molecule has 88 valence electrons. The second-order valence-corrected chi connectivity index (χ2v) is 4.54. The van der Waals surface area contributed by atoms with Gasteiger partial charge in [-0.25, -0.2) is 13.8 Å². The molecule has 17 heavy (non-hydrogen) atoms. The molecule has 1 heterocycles. The van der Waals surface area contributed by atoms with E-state index in [-0.39, 0.29) is 12.2 Å². The highest BCUT2D eigenvalue weighted by molar-refractivity contribution is 7.09. The molecule has 2 rings (SSSR count). The molecule has 0 bridgehead atoms. The lowest BCUT2D eigenvalue weighted by molar-refractivity contribution is 0.101. The van der Waals surface area contributed by atoms with Gasteiger partial charge in [-0.1, -0.05) is 6.07 Å². The lowest BCUT2D eigenvalue weighted by Crippen LogP contribution is -1.96. The monoisotopic (exact) mass is 253 g/mol. The van der Waals surface area contributed by atoms with Crippen molar-refractivity contribution >= 4 is 17.1 Å². The van der Waals surface area contributed by atoms with E-state index in [9.17, 15) is 13.6 Å². The fourth-order valence-corrected chi connectivity index (χ4v) is 2.24. The van der Waals surface area contributed by atoms with Crippen LogP contribution in [0.25, 0.3) is 0 Å². The number of thiazole rings is 1. The summed E-state index contributed by atoms with van der Waals surface area (Å²) in [5.41, 5.74) is 0.753. The number of hydrogen-bond acceptors (Lipinski definition) is 3. The lowest BCUT2D eigenvalue weighted by Gasteiger charge is -2.00. The third-order valence-corrected chi connectivity index (χ3v) is 3.12. The lowest BCUT2D eigenvalue weighted by atomic mass is 10.1. The number of rotatable bonds is 3. The first-order chi connectivity index (χ1) is 8.06. The van der Waals surface area contributed by atoms with Crippen LogP contribution in [-0.2, 0) is 6.42 Å². The molecule has 0 spiro atoms. The fourth-order valence-electron chi connectivity index (χ4n) is 1.38. The van der Waals surface area contributed by atoms with Gasteiger partial charge in [0.25, 0.3) is 0 Å². The summed E-state index contributed by atoms with van der Waals surface area (Å²) in [6.45, 7) is 1.43. The number of ketones is 1. The van der Waals surface area contributed by atoms with Crippen molar-refractivity contribution in [3.05, 3.63) is 51.5 Å². The van der Waals surface area contributed by atoms with E-state index in [1.807, 2.05) is 0 Å². The van der Waals surface area contributed by atoms with E-state index >= 15 is 0 Å².